The van der Waals surface area contributed by atoms with Gasteiger partial charge >= 0.3 is 18.0 Å². The SMILES string of the molecule is COc1ccc(C(OC[C@@H]2C[C@@H](OC(=O)CCC(=O)Oc3c(F)c(F)cc(F)c3F)CN2C(=O)O[C@H]2CC[C@H]3[C@@H]4CCc5cc(O)ccc5[C@H]4CC[C@]23C)(c2ccccc2)c2ccc(OC)cc2)cc1. The van der Waals surface area contributed by atoms with Gasteiger partial charge in [-0.15, -0.1) is 0 Å². The molecule has 3 fully saturated rings. The zero-order chi connectivity index (χ0) is 49.3. The maximum absolute atomic E-state index is 14.8. The Labute approximate surface area is 403 Å². The molecule has 5 aromatic carbocycles. The Morgan fingerprint density at radius 3 is 2.01 bits per heavy atom. The van der Waals surface area contributed by atoms with E-state index in [9.17, 15) is 37.1 Å². The lowest BCUT2D eigenvalue weighted by Gasteiger charge is -2.50. The first-order chi connectivity index (χ1) is 33.7. The van der Waals surface area contributed by atoms with Crippen LogP contribution in [0.4, 0.5) is 22.4 Å². The third-order valence-electron chi connectivity index (χ3n) is 15.3. The van der Waals surface area contributed by atoms with Crippen molar-refractivity contribution in [3.63, 3.8) is 0 Å². The summed E-state index contributed by atoms with van der Waals surface area (Å²) in [4.78, 5) is 42.3. The molecule has 1 saturated heterocycles. The highest BCUT2D eigenvalue weighted by molar-refractivity contribution is 5.79. The third-order valence-corrected chi connectivity index (χ3v) is 15.3. The summed E-state index contributed by atoms with van der Waals surface area (Å²) in [7, 11) is 3.16. The van der Waals surface area contributed by atoms with E-state index in [4.69, 9.17) is 23.7 Å². The number of amides is 1. The number of benzene rings is 5. The molecule has 9 rings (SSSR count). The van der Waals surface area contributed by atoms with Crippen LogP contribution in [0, 0.1) is 40.5 Å². The zero-order valence-corrected chi connectivity index (χ0v) is 39.1. The number of halogens is 4. The average molecular weight is 966 g/mol. The van der Waals surface area contributed by atoms with E-state index in [2.05, 4.69) is 17.7 Å². The van der Waals surface area contributed by atoms with Gasteiger partial charge in [0.2, 0.25) is 17.4 Å². The van der Waals surface area contributed by atoms with Gasteiger partial charge in [0.15, 0.2) is 11.6 Å². The molecule has 7 atom stereocenters. The predicted octanol–water partition coefficient (Wildman–Crippen LogP) is 10.7. The lowest BCUT2D eigenvalue weighted by molar-refractivity contribution is -0.151. The molecule has 4 aliphatic rings. The molecule has 1 heterocycles. The molecule has 0 unspecified atom stereocenters. The van der Waals surface area contributed by atoms with Gasteiger partial charge in [-0.05, 0) is 120 Å². The number of aromatic hydroxyl groups is 1. The normalized spacial score (nSPS) is 23.7. The van der Waals surface area contributed by atoms with E-state index < -0.39 is 77.6 Å². The predicted molar refractivity (Wildman–Crippen MR) is 247 cm³/mol. The minimum absolute atomic E-state index is 0.0161. The Morgan fingerprint density at radius 2 is 1.37 bits per heavy atom. The molecule has 1 aliphatic heterocycles. The Morgan fingerprint density at radius 1 is 0.743 bits per heavy atom. The lowest BCUT2D eigenvalue weighted by atomic mass is 9.55. The van der Waals surface area contributed by atoms with Gasteiger partial charge in [0.25, 0.3) is 0 Å². The molecule has 5 aromatic rings. The number of likely N-dealkylation sites (tertiary alicyclic amines) is 1. The van der Waals surface area contributed by atoms with Crippen molar-refractivity contribution in [2.75, 3.05) is 27.4 Å². The zero-order valence-electron chi connectivity index (χ0n) is 39.1. The van der Waals surface area contributed by atoms with Crippen LogP contribution < -0.4 is 14.2 Å². The fraction of sp³-hybridized carbons (Fsp3) is 0.400. The second-order valence-electron chi connectivity index (χ2n) is 19.0. The first-order valence-electron chi connectivity index (χ1n) is 23.7. The first-order valence-corrected chi connectivity index (χ1v) is 23.7. The Balaban J connectivity index is 0.972. The molecule has 1 amide bonds. The molecule has 3 aliphatic carbocycles. The Kier molecular flexibility index (Phi) is 13.8. The molecular formula is C55H55F4NO10. The van der Waals surface area contributed by atoms with Crippen molar-refractivity contribution in [2.24, 2.45) is 17.3 Å². The summed E-state index contributed by atoms with van der Waals surface area (Å²) in [6.07, 6.45) is 2.13. The van der Waals surface area contributed by atoms with E-state index in [1.54, 1.807) is 25.2 Å². The summed E-state index contributed by atoms with van der Waals surface area (Å²) in [5, 5.41) is 10.2. The van der Waals surface area contributed by atoms with Crippen molar-refractivity contribution in [3.05, 3.63) is 154 Å². The number of hydrogen-bond donors (Lipinski definition) is 1. The first kappa shape index (κ1) is 48.4. The van der Waals surface area contributed by atoms with Crippen LogP contribution in [0.25, 0.3) is 0 Å². The van der Waals surface area contributed by atoms with Crippen LogP contribution in [0.2, 0.25) is 0 Å². The molecule has 70 heavy (non-hydrogen) atoms. The van der Waals surface area contributed by atoms with Crippen LogP contribution >= 0.6 is 0 Å². The number of ether oxygens (including phenoxy) is 6. The number of aryl methyl sites for hydroxylation is 1. The molecule has 0 radical (unpaired) electrons. The largest absolute Gasteiger partial charge is 0.508 e. The van der Waals surface area contributed by atoms with E-state index >= 15 is 0 Å². The van der Waals surface area contributed by atoms with E-state index in [1.165, 1.54) is 11.1 Å². The number of methoxy groups -OCH3 is 2. The van der Waals surface area contributed by atoms with Crippen molar-refractivity contribution in [1.82, 2.24) is 4.90 Å². The number of fused-ring (bicyclic) bond motifs is 5. The standard InChI is InChI=1S/C55H55F4NO10/c1-54-26-25-42-41-20-14-37(61)27-32(41)9-19-43(42)44(54)21-22-47(54)69-53(64)60-30-40(68-48(62)23-24-49(63)70-52-50(58)45(56)29-46(57)51(52)59)28-36(60)31-67-55(33-7-5-4-6-8-33,34-10-15-38(65-2)16-11-34)35-12-17-39(66-3)18-13-35/h4-8,10-18,20,27,29,36,40,42-44,47,61H,9,19,21-26,28,30-31H2,1-3H3/t36-,40+,42+,43+,44-,47-,54-/m0/s1. The summed E-state index contributed by atoms with van der Waals surface area (Å²) in [6, 6.07) is 29.7. The molecule has 11 nitrogen and oxygen atoms in total. The summed E-state index contributed by atoms with van der Waals surface area (Å²) >= 11 is 0. The molecule has 1 N–H and O–H groups in total. The highest BCUT2D eigenvalue weighted by atomic mass is 19.2. The van der Waals surface area contributed by atoms with E-state index in [-0.39, 0.29) is 42.9 Å². The van der Waals surface area contributed by atoms with Crippen LogP contribution in [-0.4, -0.2) is 73.7 Å². The molecule has 368 valence electrons. The van der Waals surface area contributed by atoms with Crippen molar-refractivity contribution in [2.45, 2.75) is 94.5 Å². The van der Waals surface area contributed by atoms with Crippen LogP contribution in [0.5, 0.6) is 23.0 Å². The van der Waals surface area contributed by atoms with Gasteiger partial charge in [-0.2, -0.15) is 8.78 Å². The van der Waals surface area contributed by atoms with E-state index in [1.807, 2.05) is 84.9 Å². The van der Waals surface area contributed by atoms with Crippen molar-refractivity contribution < 1.29 is 65.5 Å². The quantitative estimate of drug-likeness (QED) is 0.0377. The topological polar surface area (TPSA) is 130 Å². The Bertz CT molecular complexity index is 2650. The van der Waals surface area contributed by atoms with Crippen LogP contribution in [0.15, 0.2) is 103 Å². The second kappa shape index (κ2) is 20.0. The number of hydrogen-bond acceptors (Lipinski definition) is 10. The highest BCUT2D eigenvalue weighted by Crippen LogP contribution is 2.62. The van der Waals surface area contributed by atoms with Gasteiger partial charge in [0.05, 0.1) is 46.3 Å². The number of carbonyl (C=O) groups excluding carboxylic acids is 3. The second-order valence-corrected chi connectivity index (χ2v) is 19.0. The number of esters is 2. The molecule has 0 bridgehead atoms. The van der Waals surface area contributed by atoms with E-state index in [0.717, 1.165) is 48.8 Å². The number of phenolic OH excluding ortho intramolecular Hbond substituents is 1. The minimum Gasteiger partial charge on any atom is -0.508 e. The lowest BCUT2D eigenvalue weighted by Crippen LogP contribution is -2.48. The summed E-state index contributed by atoms with van der Waals surface area (Å²) in [5.74, 6) is -8.45. The van der Waals surface area contributed by atoms with Gasteiger partial charge in [0.1, 0.15) is 35.1 Å². The van der Waals surface area contributed by atoms with Crippen LogP contribution in [-0.2, 0) is 35.8 Å². The summed E-state index contributed by atoms with van der Waals surface area (Å²) in [6.45, 7) is 2.09. The monoisotopic (exact) mass is 965 g/mol. The van der Waals surface area contributed by atoms with Crippen molar-refractivity contribution in [3.8, 4) is 23.0 Å². The number of phenols is 1. The highest BCUT2D eigenvalue weighted by Gasteiger charge is 2.57. The fourth-order valence-corrected chi connectivity index (χ4v) is 11.8. The van der Waals surface area contributed by atoms with Gasteiger partial charge in [-0.25, -0.2) is 13.6 Å². The van der Waals surface area contributed by atoms with Gasteiger partial charge < -0.3 is 33.5 Å². The maximum Gasteiger partial charge on any atom is 0.410 e. The maximum atomic E-state index is 14.8. The molecular weight excluding hydrogens is 911 g/mol. The fourth-order valence-electron chi connectivity index (χ4n) is 11.8. The smallest absolute Gasteiger partial charge is 0.410 e. The molecule has 0 spiro atoms. The summed E-state index contributed by atoms with van der Waals surface area (Å²) < 4.78 is 91.3. The third kappa shape index (κ3) is 9.27. The van der Waals surface area contributed by atoms with Crippen molar-refractivity contribution >= 4 is 18.0 Å². The minimum atomic E-state index is -1.90. The van der Waals surface area contributed by atoms with Gasteiger partial charge in [0, 0.05) is 17.9 Å². The van der Waals surface area contributed by atoms with Gasteiger partial charge in [-0.3, -0.25) is 14.5 Å². The number of carbonyl (C=O) groups is 3. The van der Waals surface area contributed by atoms with Gasteiger partial charge in [-0.1, -0.05) is 67.6 Å². The van der Waals surface area contributed by atoms with Crippen molar-refractivity contribution in [1.29, 1.82) is 0 Å². The molecule has 15 heteroatoms. The number of rotatable bonds is 14. The van der Waals surface area contributed by atoms with Crippen LogP contribution in [0.1, 0.15) is 92.0 Å². The Hall–Kier alpha value is -6.61. The number of nitrogens with zero attached hydrogens (tertiary/aromatic N) is 1. The van der Waals surface area contributed by atoms with E-state index in [0.29, 0.717) is 35.7 Å². The molecule has 0 aromatic heterocycles. The van der Waals surface area contributed by atoms with Crippen LogP contribution in [0.3, 0.4) is 0 Å². The molecule has 2 saturated carbocycles. The summed E-state index contributed by atoms with van der Waals surface area (Å²) in [5.41, 5.74) is 3.27. The average Bonchev–Trinajstić information content (AvgIpc) is 3.94.